The second-order valence-electron chi connectivity index (χ2n) is 2.84. The van der Waals surface area contributed by atoms with Crippen molar-refractivity contribution in [2.24, 2.45) is 0 Å². The van der Waals surface area contributed by atoms with Gasteiger partial charge in [0.25, 0.3) is 0 Å². The Balaban J connectivity index is 1.89. The first-order valence-electron chi connectivity index (χ1n) is 3.71. The number of nitrogens with zero attached hydrogens (tertiary/aromatic N) is 1. The second kappa shape index (κ2) is 2.58. The van der Waals surface area contributed by atoms with Gasteiger partial charge >= 0.3 is 85.7 Å². The molecule has 2 fully saturated rings. The van der Waals surface area contributed by atoms with Gasteiger partial charge in [-0.3, -0.25) is 0 Å². The third-order valence-corrected chi connectivity index (χ3v) is 22.6. The van der Waals surface area contributed by atoms with Crippen LogP contribution in [-0.4, -0.2) is 1.93 Å². The molecule has 0 aromatic heterocycles. The molecule has 2 saturated heterocycles. The fraction of sp³-hybridized carbons (Fsp3) is 0.222. The summed E-state index contributed by atoms with van der Waals surface area (Å²) in [5.41, 5.74) is 2.33. The van der Waals surface area contributed by atoms with Crippen LogP contribution in [0.15, 0.2) is 24.3 Å². The minimum atomic E-state index is -0.213. The van der Waals surface area contributed by atoms with Gasteiger partial charge in [-0.15, -0.1) is 0 Å². The number of benzene rings is 1. The van der Waals surface area contributed by atoms with Crippen LogP contribution in [0.25, 0.3) is 0 Å². The molecule has 0 spiro atoms. The van der Waals surface area contributed by atoms with Crippen LogP contribution in [0.1, 0.15) is 15.1 Å². The number of rotatable bonds is 1. The Labute approximate surface area is 84.8 Å². The van der Waals surface area contributed by atoms with E-state index in [1.54, 1.807) is 0 Å². The molecule has 1 nitrogen and oxygen atoms in total. The summed E-state index contributed by atoms with van der Waals surface area (Å²) in [6.07, 6.45) is 0. The Morgan fingerprint density at radius 1 is 1.33 bits per heavy atom. The van der Waals surface area contributed by atoms with Gasteiger partial charge < -0.3 is 0 Å². The molecule has 2 heterocycles. The summed E-state index contributed by atoms with van der Waals surface area (Å²) in [5, 5.41) is 8.61. The molecule has 0 N–H and O–H groups in total. The average molecular weight is 382 g/mol. The third kappa shape index (κ3) is 1.08. The summed E-state index contributed by atoms with van der Waals surface area (Å²) in [7, 11) is 0. The molecule has 62 valence electrons. The summed E-state index contributed by atoms with van der Waals surface area (Å²) in [6, 6.07) is 10.4. The Kier molecular flexibility index (Phi) is 1.62. The molecule has 0 saturated carbocycles. The first kappa shape index (κ1) is 7.56. The van der Waals surface area contributed by atoms with Crippen LogP contribution in [-0.2, 0) is 0 Å². The molecule has 0 bridgehead atoms. The fourth-order valence-electron chi connectivity index (χ4n) is 1.28. The van der Waals surface area contributed by atoms with Gasteiger partial charge in [0.2, 0.25) is 0 Å². The van der Waals surface area contributed by atoms with Gasteiger partial charge in [-0.2, -0.15) is 0 Å². The molecule has 0 aliphatic carbocycles. The van der Waals surface area contributed by atoms with Gasteiger partial charge in [0.15, 0.2) is 0 Å². The van der Waals surface area contributed by atoms with E-state index < -0.39 is 0 Å². The van der Waals surface area contributed by atoms with E-state index in [1.165, 1.54) is 7.49 Å². The van der Waals surface area contributed by atoms with Crippen molar-refractivity contribution in [1.29, 1.82) is 5.26 Å². The van der Waals surface area contributed by atoms with E-state index in [0.29, 0.717) is 0 Å². The Morgan fingerprint density at radius 2 is 2.00 bits per heavy atom. The van der Waals surface area contributed by atoms with E-state index in [9.17, 15) is 0 Å². The van der Waals surface area contributed by atoms with E-state index in [4.69, 9.17) is 5.26 Å². The van der Waals surface area contributed by atoms with Crippen molar-refractivity contribution in [1.82, 2.24) is 0 Å². The van der Waals surface area contributed by atoms with Crippen molar-refractivity contribution in [3.63, 3.8) is 0 Å². The van der Waals surface area contributed by atoms with Gasteiger partial charge in [-0.05, 0) is 0 Å². The van der Waals surface area contributed by atoms with Crippen molar-refractivity contribution < 1.29 is 17.2 Å². The normalized spacial score (nSPS) is 32.8. The summed E-state index contributed by atoms with van der Waals surface area (Å²) in [5.74, 6) is 0. The average Bonchev–Trinajstić information content (AvgIpc) is 2.94. The third-order valence-electron chi connectivity index (χ3n) is 2.08. The first-order chi connectivity index (χ1) is 5.90. The van der Waals surface area contributed by atoms with Crippen LogP contribution in [0.3, 0.4) is 0 Å². The number of alkyl halides is 3. The zero-order valence-electron chi connectivity index (χ0n) is 6.17. The predicted molar refractivity (Wildman–Crippen MR) is 51.7 cm³/mol. The predicted octanol–water partition coefficient (Wildman–Crippen LogP) is -0.537. The molecule has 2 atom stereocenters. The minimum absolute atomic E-state index is 0.213. The van der Waals surface area contributed by atoms with Crippen LogP contribution in [0.2, 0.25) is 0 Å². The molecule has 3 heteroatoms. The zero-order chi connectivity index (χ0) is 8.13. The number of hydrogen-bond acceptors (Lipinski definition) is 1. The summed E-state index contributed by atoms with van der Waals surface area (Å²) in [6.45, 7) is 0. The zero-order valence-corrected chi connectivity index (χ0v) is 10.5. The maximum atomic E-state index is 8.61. The van der Waals surface area contributed by atoms with Crippen LogP contribution in [0, 0.1) is 11.3 Å². The van der Waals surface area contributed by atoms with Gasteiger partial charge in [-0.1, -0.05) is 0 Å². The van der Waals surface area contributed by atoms with Gasteiger partial charge in [0.05, 0.1) is 0 Å². The SMILES string of the molecule is N#Cc1ccc(C2[C@@H]3[I-]I23)cc1. The standard InChI is InChI=1S/C9H6I2N/c12-5-6-1-3-7(4-2-6)8-9-10-11(8)9/h1-4,8-9H/q-1/t8?,9-/m1/s1. The van der Waals surface area contributed by atoms with Crippen LogP contribution in [0.5, 0.6) is 0 Å². The molecule has 1 unspecified atom stereocenters. The molecule has 2 aliphatic rings. The molecule has 1 aromatic carbocycles. The molecule has 3 rings (SSSR count). The van der Waals surface area contributed by atoms with Gasteiger partial charge in [0.1, 0.15) is 0 Å². The van der Waals surface area contributed by atoms with E-state index in [0.717, 1.165) is 26.7 Å². The number of hydrogen-bond donors (Lipinski definition) is 0. The van der Waals surface area contributed by atoms with E-state index in [1.807, 2.05) is 12.1 Å². The molecular formula is C9H6I2N-. The van der Waals surface area contributed by atoms with Crippen molar-refractivity contribution in [2.45, 2.75) is 5.86 Å². The van der Waals surface area contributed by atoms with Crippen LogP contribution >= 0.6 is 15.8 Å². The van der Waals surface area contributed by atoms with Crippen LogP contribution < -0.4 is 17.2 Å². The van der Waals surface area contributed by atoms with E-state index >= 15 is 0 Å². The number of nitriles is 1. The first-order valence-corrected chi connectivity index (χ1v) is 13.7. The van der Waals surface area contributed by atoms with Crippen molar-refractivity contribution in [2.75, 3.05) is 0 Å². The van der Waals surface area contributed by atoms with Crippen molar-refractivity contribution in [3.05, 3.63) is 35.4 Å². The second-order valence-corrected chi connectivity index (χ2v) is 20.9. The molecular weight excluding hydrogens is 376 g/mol. The topological polar surface area (TPSA) is 23.8 Å². The molecule has 12 heavy (non-hydrogen) atoms. The van der Waals surface area contributed by atoms with E-state index in [2.05, 4.69) is 18.2 Å². The van der Waals surface area contributed by atoms with Crippen LogP contribution in [0.4, 0.5) is 0 Å². The van der Waals surface area contributed by atoms with Gasteiger partial charge in [-0.25, -0.2) is 0 Å². The maximum absolute atomic E-state index is 8.61. The van der Waals surface area contributed by atoms with Gasteiger partial charge in [0, 0.05) is 0 Å². The fourth-order valence-corrected chi connectivity index (χ4v) is 24.8. The molecule has 1 aromatic rings. The van der Waals surface area contributed by atoms with Crippen molar-refractivity contribution in [3.8, 4) is 6.07 Å². The molecule has 0 amide bonds. The molecule has 2 aliphatic heterocycles. The monoisotopic (exact) mass is 382 g/mol. The molecule has 0 radical (unpaired) electrons. The van der Waals surface area contributed by atoms with E-state index in [-0.39, 0.29) is 15.8 Å². The van der Waals surface area contributed by atoms with Crippen molar-refractivity contribution >= 4 is 15.8 Å². The number of fused-ring (bicyclic) bond motifs is 1. The Bertz CT molecular complexity index is 357. The summed E-state index contributed by atoms with van der Waals surface area (Å²) in [4.78, 5) is 0. The summed E-state index contributed by atoms with van der Waals surface area (Å²) >= 11 is 0.576. The Morgan fingerprint density at radius 3 is 2.42 bits per heavy atom. The Hall–Kier alpha value is 0.170. The quantitative estimate of drug-likeness (QED) is 0.473. The summed E-state index contributed by atoms with van der Waals surface area (Å²) < 4.78 is 2.34. The number of halogens is 2.